The van der Waals surface area contributed by atoms with E-state index in [-0.39, 0.29) is 11.1 Å². The van der Waals surface area contributed by atoms with E-state index in [9.17, 15) is 19.8 Å². The van der Waals surface area contributed by atoms with Crippen LogP contribution in [0.25, 0.3) is 0 Å². The van der Waals surface area contributed by atoms with Gasteiger partial charge in [0.05, 0.1) is 11.1 Å². The Hall–Kier alpha value is -0.840. The van der Waals surface area contributed by atoms with Crippen molar-refractivity contribution in [1.82, 2.24) is 0 Å². The topological polar surface area (TPSA) is 74.6 Å². The monoisotopic (exact) mass is 667 g/mol. The first-order valence-electron chi connectivity index (χ1n) is 20.6. The Morgan fingerprint density at radius 2 is 0.787 bits per heavy atom. The van der Waals surface area contributed by atoms with Gasteiger partial charge >= 0.3 is 114 Å². The van der Waals surface area contributed by atoms with E-state index in [1.54, 1.807) is 12.1 Å². The van der Waals surface area contributed by atoms with Crippen LogP contribution in [-0.4, -0.2) is 50.1 Å². The molecule has 0 atom stereocenters. The fourth-order valence-electron chi connectivity index (χ4n) is 6.55. The van der Waals surface area contributed by atoms with E-state index in [1.165, 1.54) is 217 Å². The van der Waals surface area contributed by atoms with Gasteiger partial charge in [-0.1, -0.05) is 142 Å². The van der Waals surface area contributed by atoms with Gasteiger partial charge in [-0.2, -0.15) is 0 Å². The Balaban J connectivity index is 0.00000106. The van der Waals surface area contributed by atoms with Crippen LogP contribution >= 0.6 is 0 Å². The van der Waals surface area contributed by atoms with Crippen LogP contribution in [-0.2, 0) is 6.42 Å². The van der Waals surface area contributed by atoms with Crippen molar-refractivity contribution in [3.05, 3.63) is 34.9 Å². The van der Waals surface area contributed by atoms with Crippen molar-refractivity contribution in [2.45, 2.75) is 217 Å². The molecule has 0 aliphatic rings. The quantitative estimate of drug-likeness (QED) is 0.0578. The Morgan fingerprint density at radius 3 is 1.09 bits per heavy atom. The molecule has 2 N–H and O–H groups in total. The van der Waals surface area contributed by atoms with Gasteiger partial charge in [0.15, 0.2) is 0 Å². The number of carbonyl (C=O) groups is 2. The van der Waals surface area contributed by atoms with E-state index in [4.69, 9.17) is 0 Å². The first-order chi connectivity index (χ1) is 23.0. The predicted molar refractivity (Wildman–Crippen MR) is 204 cm³/mol. The van der Waals surface area contributed by atoms with E-state index in [1.807, 2.05) is 0 Å². The summed E-state index contributed by atoms with van der Waals surface area (Å²) in [5, 5.41) is 18.6. The van der Waals surface area contributed by atoms with E-state index in [0.29, 0.717) is 12.0 Å². The first kappa shape index (κ1) is 46.2. The average molecular weight is 667 g/mol. The third kappa shape index (κ3) is 29.8. The average Bonchev–Trinajstić information content (AvgIpc) is 3.06. The van der Waals surface area contributed by atoms with Gasteiger partial charge < -0.3 is 10.2 Å². The Kier molecular flexibility index (Phi) is 35.8. The second kappa shape index (κ2) is 36.4. The predicted octanol–water partition coefficient (Wildman–Crippen LogP) is 13.9. The third-order valence-corrected chi connectivity index (χ3v) is 10.3. The molecule has 1 rings (SSSR count). The zero-order chi connectivity index (χ0) is 34.6. The van der Waals surface area contributed by atoms with Gasteiger partial charge in [0.25, 0.3) is 0 Å². The van der Waals surface area contributed by atoms with Gasteiger partial charge in [-0.25, -0.2) is 9.59 Å². The molecule has 0 fully saturated rings. The standard InChI is InChI=1S/C26H42O4.C16H33.Na/c1-2-3-4-5-6-7-8-9-10-11-12-13-14-15-16-17-19-22-20-18-21-23(25(27)28)24(22)26(29)30;1-3-5-7-9-11-13-15-16-14-12-10-8-6-4-2;/h18,20-21H,2-17,19H2,1H3,(H,27,28)(H,29,30);1,3-16H2,2H3;. The molecule has 0 saturated heterocycles. The molecule has 0 bridgehead atoms. The normalized spacial score (nSPS) is 11.0. The number of carboxylic acid groups (broad SMARTS) is 2. The summed E-state index contributed by atoms with van der Waals surface area (Å²) in [7, 11) is 0. The molecule has 0 spiro atoms. The Labute approximate surface area is 309 Å². The van der Waals surface area contributed by atoms with Crippen molar-refractivity contribution in [3.8, 4) is 0 Å². The second-order valence-electron chi connectivity index (χ2n) is 14.1. The number of unbranched alkanes of at least 4 members (excludes halogenated alkanes) is 28. The Morgan fingerprint density at radius 1 is 0.468 bits per heavy atom. The van der Waals surface area contributed by atoms with Crippen LogP contribution in [0.4, 0.5) is 0 Å². The summed E-state index contributed by atoms with van der Waals surface area (Å²) in [6, 6.07) is 4.74. The van der Waals surface area contributed by atoms with Gasteiger partial charge in [-0.3, -0.25) is 0 Å². The molecule has 0 unspecified atom stereocenters. The molecule has 0 amide bonds. The summed E-state index contributed by atoms with van der Waals surface area (Å²) >= 11 is 1.41. The van der Waals surface area contributed by atoms with Gasteiger partial charge in [0.2, 0.25) is 0 Å². The maximum atomic E-state index is 11.5. The molecular weight excluding hydrogens is 591 g/mol. The van der Waals surface area contributed by atoms with Crippen LogP contribution in [0.5, 0.6) is 0 Å². The van der Waals surface area contributed by atoms with Crippen LogP contribution in [0.15, 0.2) is 18.2 Å². The molecular formula is C42H75NaO4. The SMILES string of the molecule is CCCCCCCCCCCCCCCCCCc1cccc(C(=O)O)c1C(=O)O.CCCCCCCCCCCCCCC[CH2][Na]. The van der Waals surface area contributed by atoms with Gasteiger partial charge in [-0.15, -0.1) is 0 Å². The summed E-state index contributed by atoms with van der Waals surface area (Å²) < 4.78 is 1.51. The fourth-order valence-corrected chi connectivity index (χ4v) is 7.05. The van der Waals surface area contributed by atoms with Crippen molar-refractivity contribution in [2.24, 2.45) is 0 Å². The Bertz CT molecular complexity index is 826. The van der Waals surface area contributed by atoms with Crippen molar-refractivity contribution in [1.29, 1.82) is 0 Å². The number of aromatic carboxylic acids is 2. The van der Waals surface area contributed by atoms with Crippen LogP contribution in [0.3, 0.4) is 0 Å². The molecule has 0 heterocycles. The summed E-state index contributed by atoms with van der Waals surface area (Å²) in [4.78, 5) is 22.7. The van der Waals surface area contributed by atoms with E-state index in [0.717, 1.165) is 12.8 Å². The number of hydrogen-bond donors (Lipinski definition) is 2. The van der Waals surface area contributed by atoms with Crippen molar-refractivity contribution < 1.29 is 19.8 Å². The van der Waals surface area contributed by atoms with E-state index < -0.39 is 11.9 Å². The first-order valence-corrected chi connectivity index (χ1v) is 22.0. The number of rotatable bonds is 33. The molecule has 1 aromatic carbocycles. The van der Waals surface area contributed by atoms with Crippen LogP contribution in [0, 0.1) is 0 Å². The second-order valence-corrected chi connectivity index (χ2v) is 15.1. The molecule has 0 radical (unpaired) electrons. The summed E-state index contributed by atoms with van der Waals surface area (Å²) in [5.41, 5.74) is 0.468. The molecule has 0 aliphatic heterocycles. The molecule has 4 nitrogen and oxygen atoms in total. The molecule has 5 heteroatoms. The molecule has 47 heavy (non-hydrogen) atoms. The zero-order valence-electron chi connectivity index (χ0n) is 31.6. The van der Waals surface area contributed by atoms with Crippen molar-refractivity contribution >= 4 is 39.9 Å². The zero-order valence-corrected chi connectivity index (χ0v) is 33.6. The van der Waals surface area contributed by atoms with Gasteiger partial charge in [0, 0.05) is 0 Å². The minimum atomic E-state index is -1.18. The number of benzene rings is 1. The third-order valence-electron chi connectivity index (χ3n) is 9.60. The van der Waals surface area contributed by atoms with Gasteiger partial charge in [-0.05, 0) is 24.5 Å². The summed E-state index contributed by atoms with van der Waals surface area (Å²) in [6.07, 6.45) is 42.2. The van der Waals surface area contributed by atoms with Crippen LogP contribution < -0.4 is 0 Å². The minimum absolute atomic E-state index is 0.0500. The molecule has 1 aromatic rings. The van der Waals surface area contributed by atoms with Gasteiger partial charge in [0.1, 0.15) is 0 Å². The number of carboxylic acids is 2. The molecule has 268 valence electrons. The van der Waals surface area contributed by atoms with Crippen LogP contribution in [0.2, 0.25) is 3.67 Å². The van der Waals surface area contributed by atoms with E-state index in [2.05, 4.69) is 13.8 Å². The molecule has 0 aliphatic carbocycles. The molecule has 0 saturated carbocycles. The molecule has 0 aromatic heterocycles. The summed E-state index contributed by atoms with van der Waals surface area (Å²) in [6.45, 7) is 4.56. The van der Waals surface area contributed by atoms with Crippen molar-refractivity contribution in [3.63, 3.8) is 0 Å². The number of aryl methyl sites for hydroxylation is 1. The van der Waals surface area contributed by atoms with Crippen molar-refractivity contribution in [2.75, 3.05) is 0 Å². The van der Waals surface area contributed by atoms with Crippen LogP contribution in [0.1, 0.15) is 233 Å². The number of hydrogen-bond acceptors (Lipinski definition) is 2. The maximum absolute atomic E-state index is 11.5. The summed E-state index contributed by atoms with van der Waals surface area (Å²) in [5.74, 6) is -2.33. The van der Waals surface area contributed by atoms with E-state index >= 15 is 0 Å². The fraction of sp³-hybridized carbons (Fsp3) is 0.810.